The van der Waals surface area contributed by atoms with Gasteiger partial charge in [-0.15, -0.1) is 0 Å². The highest BCUT2D eigenvalue weighted by Crippen LogP contribution is 2.68. The zero-order valence-corrected chi connectivity index (χ0v) is 28.2. The molecule has 0 bridgehead atoms. The van der Waals surface area contributed by atoms with Crippen molar-refractivity contribution in [1.82, 2.24) is 29.9 Å². The van der Waals surface area contributed by atoms with Gasteiger partial charge in [-0.1, -0.05) is 24.1 Å². The molecule has 7 rings (SSSR count). The minimum Gasteiger partial charge on any atom is -0.378 e. The molecule has 8 nitrogen and oxygen atoms in total. The zero-order valence-electron chi connectivity index (χ0n) is 28.2. The number of halogens is 7. The lowest BCUT2D eigenvalue weighted by molar-refractivity contribution is -0.142. The van der Waals surface area contributed by atoms with Crippen molar-refractivity contribution in [2.75, 3.05) is 0 Å². The Morgan fingerprint density at radius 2 is 1.79 bits per heavy atom. The molecular weight excluding hydrogens is 693 g/mol. The van der Waals surface area contributed by atoms with E-state index in [2.05, 4.69) is 27.4 Å². The van der Waals surface area contributed by atoms with Crippen LogP contribution in [0.2, 0.25) is 0 Å². The van der Waals surface area contributed by atoms with Crippen molar-refractivity contribution in [1.29, 1.82) is 0 Å². The maximum atomic E-state index is 15.3. The molecule has 1 amide bonds. The summed E-state index contributed by atoms with van der Waals surface area (Å²) in [5.74, 6) is -3.30. The third-order valence-electron chi connectivity index (χ3n) is 9.28. The van der Waals surface area contributed by atoms with Gasteiger partial charge in [-0.2, -0.15) is 32.1 Å². The Hall–Kier alpha value is -5.23. The molecule has 1 unspecified atom stereocenters. The highest BCUT2D eigenvalue weighted by Gasteiger charge is 2.68. The molecule has 1 fully saturated rings. The van der Waals surface area contributed by atoms with Gasteiger partial charge in [0.1, 0.15) is 35.2 Å². The Morgan fingerprint density at radius 3 is 2.46 bits per heavy atom. The highest BCUT2D eigenvalue weighted by molar-refractivity contribution is 5.96. The molecule has 0 radical (unpaired) electrons. The Bertz CT molecular complexity index is 2310. The maximum absolute atomic E-state index is 15.3. The smallest absolute Gasteiger partial charge is 0.378 e. The fourth-order valence-corrected chi connectivity index (χ4v) is 7.13. The van der Waals surface area contributed by atoms with Gasteiger partial charge in [0.05, 0.1) is 22.9 Å². The summed E-state index contributed by atoms with van der Waals surface area (Å²) < 4.78 is 103. The minimum atomic E-state index is -5.03. The van der Waals surface area contributed by atoms with E-state index >= 15 is 8.78 Å². The van der Waals surface area contributed by atoms with Crippen molar-refractivity contribution in [2.24, 2.45) is 13.0 Å². The number of aryl methyl sites for hydroxylation is 2. The quantitative estimate of drug-likeness (QED) is 0.141. The summed E-state index contributed by atoms with van der Waals surface area (Å²) in [5.41, 5.74) is -1.56. The average molecular weight is 725 g/mol. The third-order valence-corrected chi connectivity index (χ3v) is 9.28. The Kier molecular flexibility index (Phi) is 8.24. The van der Waals surface area contributed by atoms with Crippen LogP contribution in [0.1, 0.15) is 71.8 Å². The van der Waals surface area contributed by atoms with Crippen LogP contribution in [0.15, 0.2) is 48.5 Å². The lowest BCUT2D eigenvalue weighted by atomic mass is 9.93. The number of fused-ring (bicyclic) bond motifs is 4. The van der Waals surface area contributed by atoms with E-state index in [-0.39, 0.29) is 29.8 Å². The van der Waals surface area contributed by atoms with E-state index in [1.54, 1.807) is 36.0 Å². The topological polar surface area (TPSA) is 97.9 Å². The van der Waals surface area contributed by atoms with Crippen molar-refractivity contribution >= 4 is 16.8 Å². The number of nitrogens with one attached hydrogen (secondary N) is 1. The Labute approximate surface area is 292 Å². The number of carbonyl (C=O) groups excluding carboxylic acids is 1. The molecule has 3 heterocycles. The average Bonchev–Trinajstić information content (AvgIpc) is 3.59. The molecule has 0 spiro atoms. The van der Waals surface area contributed by atoms with Crippen LogP contribution in [0, 0.1) is 36.3 Å². The first kappa shape index (κ1) is 35.2. The minimum absolute atomic E-state index is 0.0871. The molecular formula is C37H31F7N6O2. The number of nitrogens with zero attached hydrogens (tertiary/aromatic N) is 5. The van der Waals surface area contributed by atoms with Crippen LogP contribution in [-0.2, 0) is 36.9 Å². The molecule has 0 saturated heterocycles. The van der Waals surface area contributed by atoms with E-state index in [4.69, 9.17) is 4.98 Å². The van der Waals surface area contributed by atoms with Gasteiger partial charge < -0.3 is 10.4 Å². The van der Waals surface area contributed by atoms with Gasteiger partial charge in [0.25, 0.3) is 5.92 Å². The number of carbonyl (C=O) groups is 1. The van der Waals surface area contributed by atoms with Crippen molar-refractivity contribution in [2.45, 2.75) is 69.8 Å². The van der Waals surface area contributed by atoms with Gasteiger partial charge in [-0.05, 0) is 75.3 Å². The summed E-state index contributed by atoms with van der Waals surface area (Å²) in [6.45, 7) is 3.74. The van der Waals surface area contributed by atoms with E-state index in [1.807, 2.05) is 13.0 Å². The van der Waals surface area contributed by atoms with Crippen LogP contribution >= 0.6 is 0 Å². The summed E-state index contributed by atoms with van der Waals surface area (Å²) in [6.07, 6.45) is -5.43. The molecule has 2 N–H and O–H groups in total. The largest absolute Gasteiger partial charge is 0.435 e. The number of hydrogen-bond donors (Lipinski definition) is 2. The lowest BCUT2D eigenvalue weighted by Gasteiger charge is -2.23. The fourth-order valence-electron chi connectivity index (χ4n) is 7.13. The number of aromatic nitrogens is 5. The number of benzene rings is 2. The first-order chi connectivity index (χ1) is 24.3. The molecule has 1 saturated carbocycles. The lowest BCUT2D eigenvalue weighted by Crippen LogP contribution is -2.35. The molecule has 2 aliphatic carbocycles. The van der Waals surface area contributed by atoms with E-state index in [0.717, 1.165) is 23.2 Å². The summed E-state index contributed by atoms with van der Waals surface area (Å²) in [5, 5.41) is 21.7. The highest BCUT2D eigenvalue weighted by atomic mass is 19.4. The molecule has 5 aromatic rings. The van der Waals surface area contributed by atoms with E-state index < -0.39 is 76.6 Å². The first-order valence-electron chi connectivity index (χ1n) is 16.3. The van der Waals surface area contributed by atoms with Crippen LogP contribution in [0.4, 0.5) is 30.7 Å². The predicted octanol–water partition coefficient (Wildman–Crippen LogP) is 6.87. The zero-order chi connectivity index (χ0) is 37.5. The van der Waals surface area contributed by atoms with E-state index in [0.29, 0.717) is 27.4 Å². The Morgan fingerprint density at radius 1 is 1.08 bits per heavy atom. The summed E-state index contributed by atoms with van der Waals surface area (Å²) in [6, 6.07) is 10.2. The molecule has 52 heavy (non-hydrogen) atoms. The van der Waals surface area contributed by atoms with Crippen LogP contribution in [0.25, 0.3) is 22.0 Å². The summed E-state index contributed by atoms with van der Waals surface area (Å²) in [7, 11) is 1.74. The second-order valence-corrected chi connectivity index (χ2v) is 13.8. The molecule has 270 valence electrons. The number of amides is 1. The third kappa shape index (κ3) is 6.40. The van der Waals surface area contributed by atoms with Gasteiger partial charge >= 0.3 is 6.18 Å². The van der Waals surface area contributed by atoms with Gasteiger partial charge in [0.2, 0.25) is 5.91 Å². The van der Waals surface area contributed by atoms with E-state index in [9.17, 15) is 31.9 Å². The number of hydrogen-bond acceptors (Lipinski definition) is 5. The molecule has 3 aromatic heterocycles. The molecule has 0 aliphatic heterocycles. The van der Waals surface area contributed by atoms with Gasteiger partial charge in [-0.25, -0.2) is 13.8 Å². The van der Waals surface area contributed by atoms with Gasteiger partial charge in [0.15, 0.2) is 5.69 Å². The van der Waals surface area contributed by atoms with Crippen LogP contribution in [0.5, 0.6) is 0 Å². The molecule has 2 aliphatic rings. The van der Waals surface area contributed by atoms with Crippen LogP contribution < -0.4 is 5.32 Å². The van der Waals surface area contributed by atoms with Crippen molar-refractivity contribution in [3.8, 4) is 23.0 Å². The molecule has 2 aromatic carbocycles. The summed E-state index contributed by atoms with van der Waals surface area (Å²) >= 11 is 0. The number of para-hydroxylation sites is 1. The number of rotatable bonds is 7. The van der Waals surface area contributed by atoms with Crippen molar-refractivity contribution in [3.63, 3.8) is 0 Å². The second kappa shape index (κ2) is 12.2. The SMILES string of the molecule is Cc1nn(C)c2c(-c3ccc(C#CC(C)(C)O)nc3C(Cc3cc(F)cc(F)c3)NC(=O)Cn3nc(C(F)(F)F)c4c3C(F)(F)[C@@H]3C[C@H]43)cccc12. The molecule has 15 heteroatoms. The normalized spacial score (nSPS) is 18.1. The van der Waals surface area contributed by atoms with Crippen LogP contribution in [0.3, 0.4) is 0 Å². The predicted molar refractivity (Wildman–Crippen MR) is 175 cm³/mol. The fraction of sp³-hybridized carbons (Fsp3) is 0.351. The maximum Gasteiger partial charge on any atom is 0.435 e. The van der Waals surface area contributed by atoms with Crippen molar-refractivity contribution in [3.05, 3.63) is 99.8 Å². The second-order valence-electron chi connectivity index (χ2n) is 13.8. The van der Waals surface area contributed by atoms with Crippen LogP contribution in [-0.4, -0.2) is 41.2 Å². The van der Waals surface area contributed by atoms with Gasteiger partial charge in [0, 0.05) is 41.1 Å². The van der Waals surface area contributed by atoms with E-state index in [1.165, 1.54) is 13.8 Å². The first-order valence-corrected chi connectivity index (χ1v) is 16.3. The van der Waals surface area contributed by atoms with Crippen molar-refractivity contribution < 1.29 is 40.6 Å². The number of pyridine rings is 1. The number of aliphatic hydroxyl groups is 1. The van der Waals surface area contributed by atoms with Gasteiger partial charge in [-0.3, -0.25) is 14.2 Å². The monoisotopic (exact) mass is 724 g/mol. The number of alkyl halides is 5. The molecule has 3 atom stereocenters. The Balaban J connectivity index is 1.36. The standard InChI is InChI=1S/C37H31F7N6O2/c1-18-23-6-5-7-25(32(23)49(4)47-18)24-9-8-22(10-11-35(2,3)52)45-31(24)28(14-19-12-20(38)15-21(39)13-19)46-29(51)17-50-34-30(33(48-50)37(42,43)44)26-16-27(26)36(34,40)41/h5-9,12-13,15,26-28,52H,14,16-17H2,1-4H3,(H,46,51)/t26-,27+,28?/m0/s1. The summed E-state index contributed by atoms with van der Waals surface area (Å²) in [4.78, 5) is 18.5.